The highest BCUT2D eigenvalue weighted by atomic mass is 16.7. The van der Waals surface area contributed by atoms with E-state index in [1.165, 1.54) is 6.92 Å². The Morgan fingerprint density at radius 2 is 1.55 bits per heavy atom. The average molecular weight is 296 g/mol. The van der Waals surface area contributed by atoms with E-state index in [4.69, 9.17) is 14.2 Å². The molecule has 9 nitrogen and oxygen atoms in total. The van der Waals surface area contributed by atoms with Crippen molar-refractivity contribution in [3.63, 3.8) is 0 Å². The molecule has 0 radical (unpaired) electrons. The van der Waals surface area contributed by atoms with Crippen LogP contribution in [0.2, 0.25) is 0 Å². The summed E-state index contributed by atoms with van der Waals surface area (Å²) in [5.74, 6) is 0. The predicted molar refractivity (Wildman–Crippen MR) is 61.2 cm³/mol. The molecule has 0 aromatic carbocycles. The van der Waals surface area contributed by atoms with Gasteiger partial charge >= 0.3 is 0 Å². The van der Waals surface area contributed by atoms with Crippen LogP contribution in [-0.4, -0.2) is 92.6 Å². The first kappa shape index (κ1) is 16.0. The molecule has 9 heteroatoms. The number of hydrogen-bond acceptors (Lipinski definition) is 9. The van der Waals surface area contributed by atoms with Gasteiger partial charge in [0.2, 0.25) is 0 Å². The van der Waals surface area contributed by atoms with Crippen LogP contribution in [-0.2, 0) is 14.2 Å². The minimum Gasteiger partial charge on any atom is -0.388 e. The highest BCUT2D eigenvalue weighted by Crippen LogP contribution is 2.26. The molecule has 0 aromatic heterocycles. The SMILES string of the molecule is C[C@H]1O[C@@H](O[C@@H]2[C@@H](O)[C@@H](O)OC[C@H]2O)[C@H](O)[C@@H](O)[C@H]1O. The van der Waals surface area contributed by atoms with Crippen molar-refractivity contribution in [2.75, 3.05) is 6.61 Å². The van der Waals surface area contributed by atoms with Crippen LogP contribution < -0.4 is 0 Å². The van der Waals surface area contributed by atoms with Crippen LogP contribution in [0.15, 0.2) is 0 Å². The van der Waals surface area contributed by atoms with Crippen LogP contribution in [0.4, 0.5) is 0 Å². The molecule has 2 aliphatic rings. The fraction of sp³-hybridized carbons (Fsp3) is 1.00. The van der Waals surface area contributed by atoms with Gasteiger partial charge in [-0.3, -0.25) is 0 Å². The predicted octanol–water partition coefficient (Wildman–Crippen LogP) is -3.73. The molecule has 2 aliphatic heterocycles. The second kappa shape index (κ2) is 6.18. The molecule has 0 aromatic rings. The summed E-state index contributed by atoms with van der Waals surface area (Å²) in [5.41, 5.74) is 0. The van der Waals surface area contributed by atoms with Crippen molar-refractivity contribution in [2.24, 2.45) is 0 Å². The van der Waals surface area contributed by atoms with Crippen LogP contribution in [0.3, 0.4) is 0 Å². The first-order chi connectivity index (χ1) is 9.32. The Bertz CT molecular complexity index is 327. The molecular weight excluding hydrogens is 276 g/mol. The first-order valence-electron chi connectivity index (χ1n) is 6.34. The summed E-state index contributed by atoms with van der Waals surface area (Å²) in [5, 5.41) is 57.7. The highest BCUT2D eigenvalue weighted by Gasteiger charge is 2.47. The third kappa shape index (κ3) is 2.96. The van der Waals surface area contributed by atoms with Crippen molar-refractivity contribution in [3.05, 3.63) is 0 Å². The van der Waals surface area contributed by atoms with Gasteiger partial charge in [0.05, 0.1) is 12.7 Å². The van der Waals surface area contributed by atoms with Gasteiger partial charge in [-0.2, -0.15) is 0 Å². The Morgan fingerprint density at radius 3 is 2.20 bits per heavy atom. The largest absolute Gasteiger partial charge is 0.388 e. The third-order valence-electron chi connectivity index (χ3n) is 3.55. The zero-order valence-electron chi connectivity index (χ0n) is 10.8. The molecule has 2 fully saturated rings. The van der Waals surface area contributed by atoms with Gasteiger partial charge < -0.3 is 44.8 Å². The summed E-state index contributed by atoms with van der Waals surface area (Å²) >= 11 is 0. The van der Waals surface area contributed by atoms with Crippen LogP contribution in [0.5, 0.6) is 0 Å². The number of aliphatic hydroxyl groups excluding tert-OH is 6. The lowest BCUT2D eigenvalue weighted by Gasteiger charge is -2.43. The molecule has 0 unspecified atom stereocenters. The standard InChI is InChI=1S/C11H20O9/c1-3-5(13)6(14)7(15)11(19-3)20-9-4(12)2-18-10(17)8(9)16/h3-17H,2H2,1H3/t3-,4-,5+,6+,7-,8-,9+,10+,11+/m1/s1. The maximum Gasteiger partial charge on any atom is 0.187 e. The van der Waals surface area contributed by atoms with Crippen molar-refractivity contribution in [2.45, 2.75) is 62.2 Å². The van der Waals surface area contributed by atoms with Crippen molar-refractivity contribution >= 4 is 0 Å². The van der Waals surface area contributed by atoms with Gasteiger partial charge in [0.1, 0.15) is 36.6 Å². The smallest absolute Gasteiger partial charge is 0.187 e. The average Bonchev–Trinajstić information content (AvgIpc) is 2.42. The lowest BCUT2D eigenvalue weighted by molar-refractivity contribution is -0.341. The van der Waals surface area contributed by atoms with E-state index in [1.807, 2.05) is 0 Å². The summed E-state index contributed by atoms with van der Waals surface area (Å²) in [4.78, 5) is 0. The molecular formula is C11H20O9. The maximum absolute atomic E-state index is 9.78. The van der Waals surface area contributed by atoms with Gasteiger partial charge in [-0.25, -0.2) is 0 Å². The third-order valence-corrected chi connectivity index (χ3v) is 3.55. The molecule has 0 amide bonds. The monoisotopic (exact) mass is 296 g/mol. The fourth-order valence-corrected chi connectivity index (χ4v) is 2.23. The quantitative estimate of drug-likeness (QED) is 0.302. The second-order valence-electron chi connectivity index (χ2n) is 5.06. The van der Waals surface area contributed by atoms with Gasteiger partial charge in [-0.1, -0.05) is 0 Å². The molecule has 118 valence electrons. The van der Waals surface area contributed by atoms with E-state index in [2.05, 4.69) is 0 Å². The molecule has 2 saturated heterocycles. The molecule has 0 bridgehead atoms. The molecule has 0 spiro atoms. The lowest BCUT2D eigenvalue weighted by atomic mass is 9.99. The van der Waals surface area contributed by atoms with Gasteiger partial charge in [0, 0.05) is 0 Å². The molecule has 9 atom stereocenters. The second-order valence-corrected chi connectivity index (χ2v) is 5.06. The first-order valence-corrected chi connectivity index (χ1v) is 6.34. The van der Waals surface area contributed by atoms with Crippen molar-refractivity contribution < 1.29 is 44.8 Å². The van der Waals surface area contributed by atoms with E-state index < -0.39 is 55.3 Å². The van der Waals surface area contributed by atoms with Crippen LogP contribution in [0.1, 0.15) is 6.92 Å². The summed E-state index contributed by atoms with van der Waals surface area (Å²) < 4.78 is 15.1. The number of hydrogen-bond donors (Lipinski definition) is 6. The van der Waals surface area contributed by atoms with Gasteiger partial charge in [-0.05, 0) is 6.92 Å². The topological polar surface area (TPSA) is 149 Å². The molecule has 6 N–H and O–H groups in total. The van der Waals surface area contributed by atoms with Crippen LogP contribution >= 0.6 is 0 Å². The molecule has 20 heavy (non-hydrogen) atoms. The zero-order chi connectivity index (χ0) is 15.0. The molecule has 0 aliphatic carbocycles. The fourth-order valence-electron chi connectivity index (χ4n) is 2.23. The van der Waals surface area contributed by atoms with Crippen molar-refractivity contribution in [3.8, 4) is 0 Å². The van der Waals surface area contributed by atoms with E-state index in [-0.39, 0.29) is 6.61 Å². The Labute approximate surface area is 114 Å². The van der Waals surface area contributed by atoms with Gasteiger partial charge in [-0.15, -0.1) is 0 Å². The van der Waals surface area contributed by atoms with E-state index in [0.29, 0.717) is 0 Å². The van der Waals surface area contributed by atoms with Crippen molar-refractivity contribution in [1.29, 1.82) is 0 Å². The number of rotatable bonds is 2. The molecule has 2 heterocycles. The van der Waals surface area contributed by atoms with Crippen LogP contribution in [0.25, 0.3) is 0 Å². The Hall–Kier alpha value is -0.360. The molecule has 0 saturated carbocycles. The Balaban J connectivity index is 2.04. The van der Waals surface area contributed by atoms with E-state index in [1.54, 1.807) is 0 Å². The van der Waals surface area contributed by atoms with Gasteiger partial charge in [0.15, 0.2) is 12.6 Å². The Morgan fingerprint density at radius 1 is 0.900 bits per heavy atom. The number of aliphatic hydroxyl groups is 6. The van der Waals surface area contributed by atoms with Crippen molar-refractivity contribution in [1.82, 2.24) is 0 Å². The minimum atomic E-state index is -1.56. The maximum atomic E-state index is 9.78. The number of ether oxygens (including phenoxy) is 3. The van der Waals surface area contributed by atoms with E-state index in [9.17, 15) is 30.6 Å². The molecule has 2 rings (SSSR count). The highest BCUT2D eigenvalue weighted by molar-refractivity contribution is 4.90. The van der Waals surface area contributed by atoms with E-state index >= 15 is 0 Å². The lowest BCUT2D eigenvalue weighted by Crippen LogP contribution is -2.61. The zero-order valence-corrected chi connectivity index (χ0v) is 10.8. The van der Waals surface area contributed by atoms with Gasteiger partial charge in [0.25, 0.3) is 0 Å². The minimum absolute atomic E-state index is 0.257. The summed E-state index contributed by atoms with van der Waals surface area (Å²) in [6.45, 7) is 1.22. The summed E-state index contributed by atoms with van der Waals surface area (Å²) in [7, 11) is 0. The normalized spacial score (nSPS) is 53.9. The summed E-state index contributed by atoms with van der Waals surface area (Å²) in [6, 6.07) is 0. The van der Waals surface area contributed by atoms with E-state index in [0.717, 1.165) is 0 Å². The Kier molecular flexibility index (Phi) is 4.95. The van der Waals surface area contributed by atoms with Crippen LogP contribution in [0, 0.1) is 0 Å². The summed E-state index contributed by atoms with van der Waals surface area (Å²) in [6.07, 6.45) is -12.0.